The van der Waals surface area contributed by atoms with Gasteiger partial charge in [0, 0.05) is 18.5 Å². The number of imidazole rings is 1. The van der Waals surface area contributed by atoms with Crippen molar-refractivity contribution in [2.45, 2.75) is 70.0 Å². The molecule has 1 aliphatic heterocycles. The van der Waals surface area contributed by atoms with Gasteiger partial charge in [0.05, 0.1) is 12.3 Å². The number of ether oxygens (including phenoxy) is 1. The standard InChI is InChI=1S/C28H31ClN6O7/c1-2-3-8-20-30-25(29)19(14-36)34(20)13-15-9-11-16(12-10-15)17-6-4-5-7-18(17)26-31-33-35(32-26)27-23(39)21(37)22(38)24(42-27)28(40)41/h4-7,9-12,21-24,27,36-39H,2-3,8,13-14H2,1H3,(H,40,41)/t21-,22-,23+,24-,27+/m0/s1. The van der Waals surface area contributed by atoms with Crippen molar-refractivity contribution in [2.24, 2.45) is 0 Å². The van der Waals surface area contributed by atoms with Crippen LogP contribution in [0.3, 0.4) is 0 Å². The first-order valence-electron chi connectivity index (χ1n) is 13.5. The lowest BCUT2D eigenvalue weighted by Gasteiger charge is -2.37. The number of carboxylic acids is 1. The minimum atomic E-state index is -1.83. The van der Waals surface area contributed by atoms with E-state index in [9.17, 15) is 30.3 Å². The summed E-state index contributed by atoms with van der Waals surface area (Å²) in [5, 5.41) is 62.4. The molecule has 1 aliphatic rings. The van der Waals surface area contributed by atoms with E-state index >= 15 is 0 Å². The second kappa shape index (κ2) is 12.7. The van der Waals surface area contributed by atoms with Gasteiger partial charge in [-0.1, -0.05) is 73.5 Å². The van der Waals surface area contributed by atoms with Crippen LogP contribution < -0.4 is 0 Å². The number of carbonyl (C=O) groups is 1. The highest BCUT2D eigenvalue weighted by molar-refractivity contribution is 6.30. The Morgan fingerprint density at radius 1 is 1.02 bits per heavy atom. The van der Waals surface area contributed by atoms with Crippen LogP contribution in [-0.2, 0) is 29.1 Å². The number of hydrogen-bond acceptors (Lipinski definition) is 10. The van der Waals surface area contributed by atoms with Crippen molar-refractivity contribution in [1.29, 1.82) is 0 Å². The summed E-state index contributed by atoms with van der Waals surface area (Å²) in [6.07, 6.45) is -5.86. The molecule has 42 heavy (non-hydrogen) atoms. The van der Waals surface area contributed by atoms with Crippen LogP contribution in [0.5, 0.6) is 0 Å². The molecule has 1 fully saturated rings. The van der Waals surface area contributed by atoms with Crippen molar-refractivity contribution in [3.05, 3.63) is 70.8 Å². The average Bonchev–Trinajstić information content (AvgIpc) is 3.59. The second-order valence-electron chi connectivity index (χ2n) is 10.0. The summed E-state index contributed by atoms with van der Waals surface area (Å²) in [4.78, 5) is 16.8. The smallest absolute Gasteiger partial charge is 0.335 e. The van der Waals surface area contributed by atoms with E-state index in [1.165, 1.54) is 0 Å². The summed E-state index contributed by atoms with van der Waals surface area (Å²) in [5.74, 6) is -0.495. The van der Waals surface area contributed by atoms with Gasteiger partial charge in [-0.2, -0.15) is 0 Å². The normalized spacial score (nSPS) is 22.4. The molecule has 1 saturated heterocycles. The van der Waals surface area contributed by atoms with Gasteiger partial charge in [-0.25, -0.2) is 9.78 Å². The number of aliphatic carboxylic acids is 1. The molecule has 0 unspecified atom stereocenters. The molecule has 4 aromatic rings. The summed E-state index contributed by atoms with van der Waals surface area (Å²) in [6, 6.07) is 15.2. The Labute approximate surface area is 245 Å². The number of aromatic nitrogens is 6. The molecule has 0 saturated carbocycles. The molecule has 13 nitrogen and oxygen atoms in total. The molecule has 14 heteroatoms. The SMILES string of the molecule is CCCCc1nc(Cl)c(CO)n1Cc1ccc(-c2ccccc2-c2nnn([C@@H]3O[C@H](C(=O)O)[C@@H](O)[C@H](O)[C@H]3O)n2)cc1. The first kappa shape index (κ1) is 29.8. The van der Waals surface area contributed by atoms with E-state index in [1.807, 2.05) is 41.0 Å². The zero-order valence-electron chi connectivity index (χ0n) is 22.7. The average molecular weight is 599 g/mol. The maximum absolute atomic E-state index is 11.5. The number of halogens is 1. The van der Waals surface area contributed by atoms with Gasteiger partial charge in [0.25, 0.3) is 0 Å². The third kappa shape index (κ3) is 5.79. The monoisotopic (exact) mass is 598 g/mol. The number of aryl methyl sites for hydroxylation is 1. The highest BCUT2D eigenvalue weighted by Gasteiger charge is 2.48. The van der Waals surface area contributed by atoms with E-state index in [1.54, 1.807) is 12.1 Å². The quantitative estimate of drug-likeness (QED) is 0.179. The number of rotatable bonds is 10. The number of carboxylic acid groups (broad SMARTS) is 1. The molecule has 0 spiro atoms. The molecule has 222 valence electrons. The lowest BCUT2D eigenvalue weighted by molar-refractivity contribution is -0.251. The molecule has 5 atom stereocenters. The maximum Gasteiger partial charge on any atom is 0.335 e. The molecule has 0 amide bonds. The van der Waals surface area contributed by atoms with Crippen molar-refractivity contribution in [1.82, 2.24) is 29.8 Å². The van der Waals surface area contributed by atoms with Gasteiger partial charge in [-0.15, -0.1) is 15.0 Å². The molecular weight excluding hydrogens is 568 g/mol. The van der Waals surface area contributed by atoms with Crippen LogP contribution in [0.25, 0.3) is 22.5 Å². The predicted molar refractivity (Wildman–Crippen MR) is 149 cm³/mol. The van der Waals surface area contributed by atoms with Crippen LogP contribution in [-0.4, -0.2) is 85.7 Å². The molecule has 0 bridgehead atoms. The first-order chi connectivity index (χ1) is 20.2. The van der Waals surface area contributed by atoms with Gasteiger partial charge in [0.1, 0.15) is 24.1 Å². The molecule has 0 radical (unpaired) electrons. The van der Waals surface area contributed by atoms with E-state index in [0.29, 0.717) is 23.0 Å². The van der Waals surface area contributed by atoms with E-state index < -0.39 is 36.6 Å². The highest BCUT2D eigenvalue weighted by atomic mass is 35.5. The topological polar surface area (TPSA) is 189 Å². The predicted octanol–water partition coefficient (Wildman–Crippen LogP) is 1.80. The Hall–Kier alpha value is -3.72. The number of aliphatic hydroxyl groups is 4. The van der Waals surface area contributed by atoms with Crippen LogP contribution in [0.15, 0.2) is 48.5 Å². The van der Waals surface area contributed by atoms with Gasteiger partial charge in [0.15, 0.2) is 11.3 Å². The lowest BCUT2D eigenvalue weighted by atomic mass is 9.98. The van der Waals surface area contributed by atoms with Gasteiger partial charge in [-0.3, -0.25) is 0 Å². The molecule has 3 heterocycles. The fourth-order valence-electron chi connectivity index (χ4n) is 4.97. The maximum atomic E-state index is 11.5. The van der Waals surface area contributed by atoms with E-state index in [4.69, 9.17) is 16.3 Å². The number of aliphatic hydroxyl groups excluding tert-OH is 4. The van der Waals surface area contributed by atoms with Crippen molar-refractivity contribution in [2.75, 3.05) is 0 Å². The summed E-state index contributed by atoms with van der Waals surface area (Å²) < 4.78 is 7.27. The Balaban J connectivity index is 1.40. The van der Waals surface area contributed by atoms with E-state index in [-0.39, 0.29) is 12.4 Å². The number of tetrazole rings is 1. The van der Waals surface area contributed by atoms with Crippen molar-refractivity contribution in [3.63, 3.8) is 0 Å². The fourth-order valence-corrected chi connectivity index (χ4v) is 5.23. The number of unbranched alkanes of at least 4 members (excludes halogenated alkanes) is 1. The van der Waals surface area contributed by atoms with E-state index in [0.717, 1.165) is 46.6 Å². The number of nitrogens with zero attached hydrogens (tertiary/aromatic N) is 6. The Kier molecular flexibility index (Phi) is 8.96. The lowest BCUT2D eigenvalue weighted by Crippen LogP contribution is -2.58. The summed E-state index contributed by atoms with van der Waals surface area (Å²) in [6.45, 7) is 2.39. The largest absolute Gasteiger partial charge is 0.479 e. The second-order valence-corrected chi connectivity index (χ2v) is 10.4. The summed E-state index contributed by atoms with van der Waals surface area (Å²) in [7, 11) is 0. The third-order valence-electron chi connectivity index (χ3n) is 7.27. The molecule has 0 aliphatic carbocycles. The summed E-state index contributed by atoms with van der Waals surface area (Å²) >= 11 is 6.29. The number of benzene rings is 2. The molecule has 5 rings (SSSR count). The highest BCUT2D eigenvalue weighted by Crippen LogP contribution is 2.32. The zero-order valence-corrected chi connectivity index (χ0v) is 23.4. The van der Waals surface area contributed by atoms with Crippen molar-refractivity contribution < 1.29 is 35.1 Å². The first-order valence-corrected chi connectivity index (χ1v) is 13.9. The van der Waals surface area contributed by atoms with Crippen LogP contribution in [0, 0.1) is 0 Å². The zero-order chi connectivity index (χ0) is 30.0. The minimum absolute atomic E-state index is 0.180. The molecular formula is C28H31ClN6O7. The Bertz CT molecular complexity index is 1540. The molecule has 2 aromatic carbocycles. The Morgan fingerprint density at radius 3 is 2.40 bits per heavy atom. The Morgan fingerprint density at radius 2 is 1.74 bits per heavy atom. The molecule has 5 N–H and O–H groups in total. The van der Waals surface area contributed by atoms with Crippen molar-refractivity contribution >= 4 is 17.6 Å². The number of hydrogen-bond donors (Lipinski definition) is 5. The van der Waals surface area contributed by atoms with Crippen LogP contribution in [0.2, 0.25) is 5.15 Å². The third-order valence-corrected chi connectivity index (χ3v) is 7.57. The van der Waals surface area contributed by atoms with Crippen LogP contribution >= 0.6 is 11.6 Å². The summed E-state index contributed by atoms with van der Waals surface area (Å²) in [5.41, 5.74) is 3.83. The minimum Gasteiger partial charge on any atom is -0.479 e. The van der Waals surface area contributed by atoms with Gasteiger partial charge in [0.2, 0.25) is 12.1 Å². The van der Waals surface area contributed by atoms with E-state index in [2.05, 4.69) is 27.3 Å². The van der Waals surface area contributed by atoms with Gasteiger partial charge < -0.3 is 34.8 Å². The molecule has 2 aromatic heterocycles. The van der Waals surface area contributed by atoms with Crippen LogP contribution in [0.1, 0.15) is 43.1 Å². The van der Waals surface area contributed by atoms with Crippen molar-refractivity contribution in [3.8, 4) is 22.5 Å². The van der Waals surface area contributed by atoms with Gasteiger partial charge >= 0.3 is 5.97 Å². The van der Waals surface area contributed by atoms with Gasteiger partial charge in [-0.05, 0) is 28.3 Å². The van der Waals surface area contributed by atoms with Crippen LogP contribution in [0.4, 0.5) is 0 Å². The fraction of sp³-hybridized carbons (Fsp3) is 0.393.